The van der Waals surface area contributed by atoms with Crippen LogP contribution in [-0.2, 0) is 4.79 Å². The van der Waals surface area contributed by atoms with Crippen LogP contribution >= 0.6 is 0 Å². The summed E-state index contributed by atoms with van der Waals surface area (Å²) in [6.45, 7) is 6.35. The summed E-state index contributed by atoms with van der Waals surface area (Å²) in [5, 5.41) is 3.37. The van der Waals surface area contributed by atoms with Crippen molar-refractivity contribution in [3.8, 4) is 0 Å². The molecule has 0 aromatic carbocycles. The Morgan fingerprint density at radius 1 is 1.26 bits per heavy atom. The number of carbonyl (C=O) groups is 1. The van der Waals surface area contributed by atoms with Gasteiger partial charge in [0, 0.05) is 52.2 Å². The second kappa shape index (κ2) is 5.80. The summed E-state index contributed by atoms with van der Waals surface area (Å²) in [5.74, 6) is 2.34. The molecule has 4 heteroatoms. The molecule has 3 unspecified atom stereocenters. The number of fused-ring (bicyclic) bond motifs is 2. The minimum Gasteiger partial charge on any atom is -0.344 e. The number of nitrogens with zero attached hydrogens (tertiary/aromatic N) is 2. The highest BCUT2D eigenvalue weighted by atomic mass is 16.2. The minimum atomic E-state index is 0.353. The fourth-order valence-electron chi connectivity index (χ4n) is 4.17. The molecule has 1 N–H and O–H groups in total. The SMILES string of the molecule is CN(CCN1CCNCC1)C(=O)C1CC2CCC1C2. The summed E-state index contributed by atoms with van der Waals surface area (Å²) in [7, 11) is 2.00. The summed E-state index contributed by atoms with van der Waals surface area (Å²) >= 11 is 0. The Balaban J connectivity index is 1.44. The fraction of sp³-hybridized carbons (Fsp3) is 0.933. The van der Waals surface area contributed by atoms with Gasteiger partial charge >= 0.3 is 0 Å². The number of nitrogens with one attached hydrogen (secondary N) is 1. The summed E-state index contributed by atoms with van der Waals surface area (Å²) in [4.78, 5) is 17.0. The number of amides is 1. The minimum absolute atomic E-state index is 0.353. The highest BCUT2D eigenvalue weighted by molar-refractivity contribution is 5.79. The zero-order chi connectivity index (χ0) is 13.2. The molecule has 3 fully saturated rings. The predicted octanol–water partition coefficient (Wildman–Crippen LogP) is 0.786. The molecule has 1 amide bonds. The first-order valence-electron chi connectivity index (χ1n) is 7.92. The van der Waals surface area contributed by atoms with Gasteiger partial charge in [-0.15, -0.1) is 0 Å². The second-order valence-corrected chi connectivity index (χ2v) is 6.63. The molecular formula is C15H27N3O. The van der Waals surface area contributed by atoms with Crippen LogP contribution in [0.4, 0.5) is 0 Å². The van der Waals surface area contributed by atoms with Crippen LogP contribution in [0.3, 0.4) is 0 Å². The standard InChI is InChI=1S/C15H27N3O/c1-17(8-9-18-6-4-16-5-7-18)15(19)14-11-12-2-3-13(14)10-12/h12-14,16H,2-11H2,1H3. The zero-order valence-corrected chi connectivity index (χ0v) is 12.1. The molecule has 4 nitrogen and oxygen atoms in total. The number of hydrogen-bond donors (Lipinski definition) is 1. The van der Waals surface area contributed by atoms with Crippen LogP contribution in [0, 0.1) is 17.8 Å². The van der Waals surface area contributed by atoms with Gasteiger partial charge in [0.05, 0.1) is 0 Å². The van der Waals surface area contributed by atoms with E-state index in [9.17, 15) is 4.79 Å². The van der Waals surface area contributed by atoms with Crippen LogP contribution in [-0.4, -0.2) is 62.0 Å². The lowest BCUT2D eigenvalue weighted by Gasteiger charge is -2.31. The van der Waals surface area contributed by atoms with E-state index in [-0.39, 0.29) is 0 Å². The molecule has 0 spiro atoms. The lowest BCUT2D eigenvalue weighted by Crippen LogP contribution is -2.47. The van der Waals surface area contributed by atoms with Gasteiger partial charge in [-0.1, -0.05) is 6.42 Å². The van der Waals surface area contributed by atoms with Crippen LogP contribution in [0.5, 0.6) is 0 Å². The van der Waals surface area contributed by atoms with E-state index < -0.39 is 0 Å². The van der Waals surface area contributed by atoms with Crippen molar-refractivity contribution in [3.63, 3.8) is 0 Å². The van der Waals surface area contributed by atoms with Crippen molar-refractivity contribution in [1.29, 1.82) is 0 Å². The Kier molecular flexibility index (Phi) is 4.08. The molecule has 1 heterocycles. The van der Waals surface area contributed by atoms with E-state index in [1.54, 1.807) is 0 Å². The summed E-state index contributed by atoms with van der Waals surface area (Å²) in [5.41, 5.74) is 0. The first-order chi connectivity index (χ1) is 9.24. The van der Waals surface area contributed by atoms with Gasteiger partial charge in [0.15, 0.2) is 0 Å². The fourth-order valence-corrected chi connectivity index (χ4v) is 4.17. The summed E-state index contributed by atoms with van der Waals surface area (Å²) in [6, 6.07) is 0. The van der Waals surface area contributed by atoms with Crippen LogP contribution in [0.15, 0.2) is 0 Å². The highest BCUT2D eigenvalue weighted by Gasteiger charge is 2.43. The van der Waals surface area contributed by atoms with E-state index in [2.05, 4.69) is 10.2 Å². The third-order valence-corrected chi connectivity index (χ3v) is 5.39. The topological polar surface area (TPSA) is 35.6 Å². The lowest BCUT2D eigenvalue weighted by atomic mass is 9.88. The molecule has 1 aliphatic heterocycles. The maximum absolute atomic E-state index is 12.5. The Morgan fingerprint density at radius 2 is 2.05 bits per heavy atom. The van der Waals surface area contributed by atoms with Crippen molar-refractivity contribution in [1.82, 2.24) is 15.1 Å². The third kappa shape index (κ3) is 2.95. The van der Waals surface area contributed by atoms with Crippen LogP contribution in [0.1, 0.15) is 25.7 Å². The number of rotatable bonds is 4. The molecule has 2 bridgehead atoms. The molecule has 3 rings (SSSR count). The summed E-state index contributed by atoms with van der Waals surface area (Å²) in [6.07, 6.45) is 5.16. The molecule has 3 atom stereocenters. The smallest absolute Gasteiger partial charge is 0.225 e. The molecule has 0 aromatic heterocycles. The molecule has 1 saturated heterocycles. The van der Waals surface area contributed by atoms with E-state index >= 15 is 0 Å². The van der Waals surface area contributed by atoms with Gasteiger partial charge in [0.2, 0.25) is 5.91 Å². The summed E-state index contributed by atoms with van der Waals surface area (Å²) < 4.78 is 0. The molecule has 0 aromatic rings. The van der Waals surface area contributed by atoms with Crippen molar-refractivity contribution in [2.24, 2.45) is 17.8 Å². The Hall–Kier alpha value is -0.610. The van der Waals surface area contributed by atoms with Crippen molar-refractivity contribution < 1.29 is 4.79 Å². The van der Waals surface area contributed by atoms with Crippen LogP contribution in [0.2, 0.25) is 0 Å². The lowest BCUT2D eigenvalue weighted by molar-refractivity contribution is -0.136. The van der Waals surface area contributed by atoms with Crippen LogP contribution in [0.25, 0.3) is 0 Å². The highest BCUT2D eigenvalue weighted by Crippen LogP contribution is 2.48. The Labute approximate surface area is 116 Å². The molecule has 19 heavy (non-hydrogen) atoms. The monoisotopic (exact) mass is 265 g/mol. The van der Waals surface area contributed by atoms with Crippen molar-refractivity contribution >= 4 is 5.91 Å². The molecule has 3 aliphatic rings. The quantitative estimate of drug-likeness (QED) is 0.816. The maximum Gasteiger partial charge on any atom is 0.225 e. The van der Waals surface area contributed by atoms with E-state index in [0.717, 1.165) is 45.2 Å². The van der Waals surface area contributed by atoms with E-state index in [1.165, 1.54) is 25.7 Å². The first kappa shape index (κ1) is 13.4. The van der Waals surface area contributed by atoms with E-state index in [0.29, 0.717) is 17.7 Å². The average Bonchev–Trinajstić information content (AvgIpc) is 3.07. The first-order valence-corrected chi connectivity index (χ1v) is 7.92. The average molecular weight is 265 g/mol. The van der Waals surface area contributed by atoms with Gasteiger partial charge in [0.1, 0.15) is 0 Å². The van der Waals surface area contributed by atoms with Gasteiger partial charge in [-0.05, 0) is 31.1 Å². The Morgan fingerprint density at radius 3 is 2.68 bits per heavy atom. The molecule has 2 saturated carbocycles. The zero-order valence-electron chi connectivity index (χ0n) is 12.1. The predicted molar refractivity (Wildman–Crippen MR) is 75.9 cm³/mol. The number of piperazine rings is 1. The number of likely N-dealkylation sites (N-methyl/N-ethyl adjacent to an activating group) is 1. The normalized spacial score (nSPS) is 34.7. The van der Waals surface area contributed by atoms with Crippen molar-refractivity contribution in [2.75, 3.05) is 46.3 Å². The van der Waals surface area contributed by atoms with E-state index in [4.69, 9.17) is 0 Å². The Bertz CT molecular complexity index is 327. The third-order valence-electron chi connectivity index (χ3n) is 5.39. The van der Waals surface area contributed by atoms with E-state index in [1.807, 2.05) is 11.9 Å². The van der Waals surface area contributed by atoms with Crippen LogP contribution < -0.4 is 5.32 Å². The molecule has 2 aliphatic carbocycles. The maximum atomic E-state index is 12.5. The van der Waals surface area contributed by atoms with Gasteiger partial charge in [-0.25, -0.2) is 0 Å². The van der Waals surface area contributed by atoms with Gasteiger partial charge in [-0.3, -0.25) is 9.69 Å². The van der Waals surface area contributed by atoms with Crippen molar-refractivity contribution in [2.45, 2.75) is 25.7 Å². The molecule has 108 valence electrons. The van der Waals surface area contributed by atoms with Gasteiger partial charge in [0.25, 0.3) is 0 Å². The largest absolute Gasteiger partial charge is 0.344 e. The van der Waals surface area contributed by atoms with Gasteiger partial charge in [-0.2, -0.15) is 0 Å². The van der Waals surface area contributed by atoms with Gasteiger partial charge < -0.3 is 10.2 Å². The molecular weight excluding hydrogens is 238 g/mol. The number of hydrogen-bond acceptors (Lipinski definition) is 3. The van der Waals surface area contributed by atoms with Crippen molar-refractivity contribution in [3.05, 3.63) is 0 Å². The molecule has 0 radical (unpaired) electrons. The number of carbonyl (C=O) groups excluding carboxylic acids is 1. The second-order valence-electron chi connectivity index (χ2n) is 6.63.